The molecule has 14 nitrogen and oxygen atoms in total. The summed E-state index contributed by atoms with van der Waals surface area (Å²) in [7, 11) is 0. The minimum absolute atomic E-state index is 0.00357. The van der Waals surface area contributed by atoms with Crippen LogP contribution in [0.5, 0.6) is 0 Å². The summed E-state index contributed by atoms with van der Waals surface area (Å²) in [5.74, 6) is -0.784. The lowest BCUT2D eigenvalue weighted by Crippen LogP contribution is -2.59. The molecular weight excluding hydrogens is 646 g/mol. The number of thiazole rings is 1. The van der Waals surface area contributed by atoms with Gasteiger partial charge in [-0.15, -0.1) is 16.4 Å². The average Bonchev–Trinajstić information content (AvgIpc) is 3.68. The summed E-state index contributed by atoms with van der Waals surface area (Å²) in [5.41, 5.74) is 11.2. The lowest BCUT2D eigenvalue weighted by atomic mass is 9.85. The Hall–Kier alpha value is -4.18. The maximum atomic E-state index is 14.1. The first kappa shape index (κ1) is 36.1. The van der Waals surface area contributed by atoms with E-state index in [0.29, 0.717) is 37.6 Å². The van der Waals surface area contributed by atoms with Crippen molar-refractivity contribution < 1.29 is 24.6 Å². The Morgan fingerprint density at radius 3 is 2.39 bits per heavy atom. The molecule has 0 saturated carbocycles. The van der Waals surface area contributed by atoms with Crippen molar-refractivity contribution in [2.45, 2.75) is 71.9 Å². The van der Waals surface area contributed by atoms with Crippen LogP contribution in [-0.4, -0.2) is 110 Å². The summed E-state index contributed by atoms with van der Waals surface area (Å²) >= 11 is 1.58. The Balaban J connectivity index is 1.19. The number of hydrogen-bond donors (Lipinski definition) is 5. The van der Waals surface area contributed by atoms with Gasteiger partial charge in [0.05, 0.1) is 52.8 Å². The third kappa shape index (κ3) is 8.52. The zero-order chi connectivity index (χ0) is 35.5. The Kier molecular flexibility index (Phi) is 11.2. The largest absolute Gasteiger partial charge is 0.391 e. The number of nitrogens with zero attached hydrogens (tertiary/aromatic N) is 6. The molecule has 0 radical (unpaired) electrons. The second-order valence-electron chi connectivity index (χ2n) is 13.9. The van der Waals surface area contributed by atoms with Crippen molar-refractivity contribution in [2.24, 2.45) is 5.41 Å². The molecule has 2 aliphatic heterocycles. The molecule has 2 aromatic heterocycles. The first-order chi connectivity index (χ1) is 23.2. The number of amides is 3. The van der Waals surface area contributed by atoms with Gasteiger partial charge in [-0.3, -0.25) is 19.3 Å². The highest BCUT2D eigenvalue weighted by Crippen LogP contribution is 2.30. The minimum Gasteiger partial charge on any atom is -0.391 e. The van der Waals surface area contributed by atoms with Gasteiger partial charge in [-0.05, 0) is 36.5 Å². The fourth-order valence-electron chi connectivity index (χ4n) is 6.33. The minimum atomic E-state index is -0.915. The van der Waals surface area contributed by atoms with Crippen molar-refractivity contribution in [1.29, 1.82) is 0 Å². The Morgan fingerprint density at radius 2 is 1.78 bits per heavy atom. The normalized spacial score (nSPS) is 19.8. The molecule has 1 aromatic carbocycles. The smallest absolute Gasteiger partial charge is 0.246 e. The van der Waals surface area contributed by atoms with E-state index in [4.69, 9.17) is 5.73 Å². The number of nitrogens with two attached hydrogens (primary N) is 1. The van der Waals surface area contributed by atoms with E-state index >= 15 is 0 Å². The van der Waals surface area contributed by atoms with Crippen LogP contribution in [0.1, 0.15) is 57.1 Å². The van der Waals surface area contributed by atoms with Crippen LogP contribution in [0.3, 0.4) is 0 Å². The average molecular weight is 694 g/mol. The molecular formula is C34H47N9O5S. The van der Waals surface area contributed by atoms with Gasteiger partial charge in [0.25, 0.3) is 0 Å². The number of nitrogens with one attached hydrogen (secondary N) is 2. The Bertz CT molecular complexity index is 1640. The highest BCUT2D eigenvalue weighted by atomic mass is 32.1. The predicted octanol–water partition coefficient (Wildman–Crippen LogP) is 1.48. The number of nitrogen functional groups attached to an aromatic ring is 1. The molecule has 264 valence electrons. The van der Waals surface area contributed by atoms with Crippen LogP contribution >= 0.6 is 11.3 Å². The first-order valence-electron chi connectivity index (χ1n) is 16.5. The number of anilines is 2. The number of benzene rings is 1. The maximum Gasteiger partial charge on any atom is 0.246 e. The lowest BCUT2D eigenvalue weighted by Gasteiger charge is -2.38. The number of carbonyl (C=O) groups excluding carboxylic acids is 3. The van der Waals surface area contributed by atoms with E-state index in [2.05, 4.69) is 25.8 Å². The molecule has 4 heterocycles. The predicted molar refractivity (Wildman–Crippen MR) is 187 cm³/mol. The Labute approximate surface area is 290 Å². The fourth-order valence-corrected chi connectivity index (χ4v) is 7.14. The van der Waals surface area contributed by atoms with Crippen LogP contribution in [0.25, 0.3) is 10.4 Å². The maximum absolute atomic E-state index is 14.1. The molecule has 15 heteroatoms. The molecule has 1 unspecified atom stereocenters. The number of likely N-dealkylation sites (tertiary alicyclic amines) is 1. The van der Waals surface area contributed by atoms with Gasteiger partial charge in [-0.25, -0.2) is 4.98 Å². The van der Waals surface area contributed by atoms with Gasteiger partial charge in [-0.2, -0.15) is 5.10 Å². The fraction of sp³-hybridized carbons (Fsp3) is 0.529. The monoisotopic (exact) mass is 693 g/mol. The number of hydrogen-bond acceptors (Lipinski definition) is 12. The highest BCUT2D eigenvalue weighted by molar-refractivity contribution is 7.13. The molecule has 3 aromatic rings. The van der Waals surface area contributed by atoms with Crippen molar-refractivity contribution in [2.75, 3.05) is 49.9 Å². The van der Waals surface area contributed by atoms with Crippen molar-refractivity contribution >= 4 is 40.6 Å². The number of aliphatic hydroxyl groups is 2. The second-order valence-corrected chi connectivity index (χ2v) is 14.8. The van der Waals surface area contributed by atoms with E-state index in [1.807, 2.05) is 74.2 Å². The second kappa shape index (κ2) is 15.2. The van der Waals surface area contributed by atoms with E-state index in [1.165, 1.54) is 4.90 Å². The van der Waals surface area contributed by atoms with Gasteiger partial charge in [0, 0.05) is 39.1 Å². The molecule has 6 N–H and O–H groups in total. The van der Waals surface area contributed by atoms with Crippen LogP contribution in [-0.2, 0) is 21.0 Å². The number of rotatable bonds is 10. The first-order valence-corrected chi connectivity index (χ1v) is 17.4. The highest BCUT2D eigenvalue weighted by Gasteiger charge is 2.44. The number of aryl methyl sites for hydroxylation is 1. The summed E-state index contributed by atoms with van der Waals surface area (Å²) in [5, 5.41) is 33.8. The van der Waals surface area contributed by atoms with Gasteiger partial charge in [0.2, 0.25) is 17.7 Å². The van der Waals surface area contributed by atoms with Gasteiger partial charge in [-0.1, -0.05) is 45.0 Å². The van der Waals surface area contributed by atoms with Crippen LogP contribution in [0.4, 0.5) is 11.5 Å². The quantitative estimate of drug-likeness (QED) is 0.207. The molecule has 2 saturated heterocycles. The summed E-state index contributed by atoms with van der Waals surface area (Å²) in [6.45, 7) is 11.6. The van der Waals surface area contributed by atoms with E-state index in [1.54, 1.807) is 17.4 Å². The lowest BCUT2D eigenvalue weighted by molar-refractivity contribution is -0.144. The van der Waals surface area contributed by atoms with Crippen molar-refractivity contribution in [3.63, 3.8) is 0 Å². The van der Waals surface area contributed by atoms with Crippen molar-refractivity contribution in [3.8, 4) is 10.4 Å². The zero-order valence-electron chi connectivity index (χ0n) is 28.7. The number of aromatic nitrogens is 3. The molecule has 0 bridgehead atoms. The summed E-state index contributed by atoms with van der Waals surface area (Å²) in [4.78, 5) is 51.8. The number of piperazine rings is 1. The van der Waals surface area contributed by atoms with Crippen molar-refractivity contribution in [1.82, 2.24) is 35.6 Å². The summed E-state index contributed by atoms with van der Waals surface area (Å²) in [6, 6.07) is 7.54. The molecule has 2 aliphatic rings. The molecule has 4 atom stereocenters. The van der Waals surface area contributed by atoms with E-state index in [9.17, 15) is 24.6 Å². The third-order valence-electron chi connectivity index (χ3n) is 9.15. The molecule has 49 heavy (non-hydrogen) atoms. The van der Waals surface area contributed by atoms with Gasteiger partial charge in [0.15, 0.2) is 5.82 Å². The summed E-state index contributed by atoms with van der Waals surface area (Å²) in [6.07, 6.45) is -0.747. The number of carbonyl (C=O) groups is 3. The number of β-amino-alcohol motifs (C(OH)–C–C–N with tert-alkyl or cyclic N) is 1. The number of aliphatic hydroxyl groups excluding tert-OH is 2. The molecule has 0 spiro atoms. The standard InChI is InChI=1S/C34H47N9O5S/c1-20(22-6-8-23(9-7-22)29-21(2)36-19-49-29)37-32(47)27-15-25(45)16-43(27)33(48)30(34(3,4)5)38-28(46)17-41-10-12-42(13-11-41)26-14-24(18-44)39-40-31(26)35/h6-9,14,19-20,25,27,30,44-45H,10-13,15-18H2,1-5H3,(H2,35,40)(H,37,47)(H,38,46)/t20-,25+,27-,30?/m0/s1. The van der Waals surface area contributed by atoms with Crippen LogP contribution < -0.4 is 21.3 Å². The molecule has 0 aliphatic carbocycles. The topological polar surface area (TPSA) is 190 Å². The SMILES string of the molecule is Cc1ncsc1-c1ccc([C@H](C)NC(=O)[C@@H]2C[C@@H](O)CN2C(=O)C(NC(=O)CN2CCN(c3cc(CO)nnc3N)CC2)C(C)(C)C)cc1. The van der Waals surface area contributed by atoms with Crippen LogP contribution in [0.2, 0.25) is 0 Å². The zero-order valence-corrected chi connectivity index (χ0v) is 29.5. The van der Waals surface area contributed by atoms with Gasteiger partial charge < -0.3 is 36.4 Å². The van der Waals surface area contributed by atoms with Gasteiger partial charge >= 0.3 is 0 Å². The van der Waals surface area contributed by atoms with E-state index in [0.717, 1.165) is 21.7 Å². The van der Waals surface area contributed by atoms with Crippen LogP contribution in [0.15, 0.2) is 35.8 Å². The van der Waals surface area contributed by atoms with Crippen molar-refractivity contribution in [3.05, 3.63) is 52.8 Å². The molecule has 3 amide bonds. The Morgan fingerprint density at radius 1 is 1.08 bits per heavy atom. The van der Waals surface area contributed by atoms with E-state index in [-0.39, 0.29) is 49.8 Å². The van der Waals surface area contributed by atoms with Gasteiger partial charge in [0.1, 0.15) is 12.1 Å². The third-order valence-corrected chi connectivity index (χ3v) is 10.1. The van der Waals surface area contributed by atoms with Crippen LogP contribution in [0, 0.1) is 12.3 Å². The summed E-state index contributed by atoms with van der Waals surface area (Å²) < 4.78 is 0. The molecule has 5 rings (SSSR count). The van der Waals surface area contributed by atoms with E-state index < -0.39 is 29.5 Å². The molecule has 2 fully saturated rings.